The molecule has 0 aliphatic carbocycles. The Morgan fingerprint density at radius 2 is 1.92 bits per heavy atom. The van der Waals surface area contributed by atoms with Crippen molar-refractivity contribution in [3.63, 3.8) is 0 Å². The number of nitrogens with one attached hydrogen (secondary N) is 1. The number of halogens is 1. The van der Waals surface area contributed by atoms with Gasteiger partial charge in [-0.05, 0) is 24.6 Å². The minimum absolute atomic E-state index is 0.153. The average Bonchev–Trinajstić information content (AvgIpc) is 2.64. The van der Waals surface area contributed by atoms with E-state index in [-0.39, 0.29) is 11.5 Å². The summed E-state index contributed by atoms with van der Waals surface area (Å²) in [5.41, 5.74) is 2.05. The number of hydrogen-bond donors (Lipinski definition) is 1. The van der Waals surface area contributed by atoms with Crippen LogP contribution in [0.25, 0.3) is 0 Å². The van der Waals surface area contributed by atoms with Gasteiger partial charge in [-0.2, -0.15) is 4.39 Å². The molecule has 2 aromatic rings. The maximum Gasteiger partial charge on any atom is 0.305 e. The number of quaternary nitrogens is 1. The third kappa shape index (κ3) is 3.88. The average molecular weight is 358 g/mol. The fraction of sp³-hybridized carbons (Fsp3) is 0.316. The second-order valence-electron chi connectivity index (χ2n) is 6.57. The van der Waals surface area contributed by atoms with E-state index >= 15 is 0 Å². The zero-order chi connectivity index (χ0) is 18.7. The summed E-state index contributed by atoms with van der Waals surface area (Å²) in [6, 6.07) is 11.6. The molecule has 3 rings (SSSR count). The lowest BCUT2D eigenvalue weighted by molar-refractivity contribution is -0.917. The quantitative estimate of drug-likeness (QED) is 0.667. The first kappa shape index (κ1) is 18.0. The minimum atomic E-state index is -0.931. The Labute approximate surface area is 151 Å². The number of nitro benzene ring substituents is 1. The van der Waals surface area contributed by atoms with Crippen LogP contribution in [0.15, 0.2) is 42.5 Å². The van der Waals surface area contributed by atoms with Crippen LogP contribution in [0.4, 0.5) is 10.1 Å². The molecule has 0 saturated carbocycles. The van der Waals surface area contributed by atoms with Crippen LogP contribution >= 0.6 is 0 Å². The molecule has 0 radical (unpaired) electrons. The second-order valence-corrected chi connectivity index (χ2v) is 6.57. The van der Waals surface area contributed by atoms with Crippen molar-refractivity contribution in [2.75, 3.05) is 26.2 Å². The van der Waals surface area contributed by atoms with E-state index in [1.54, 1.807) is 4.90 Å². The molecule has 26 heavy (non-hydrogen) atoms. The number of benzene rings is 2. The lowest BCUT2D eigenvalue weighted by Crippen LogP contribution is -3.13. The van der Waals surface area contributed by atoms with Gasteiger partial charge in [-0.25, -0.2) is 0 Å². The van der Waals surface area contributed by atoms with Gasteiger partial charge in [0, 0.05) is 17.2 Å². The monoisotopic (exact) mass is 358 g/mol. The molecule has 1 heterocycles. The van der Waals surface area contributed by atoms with Crippen LogP contribution in [0.1, 0.15) is 21.5 Å². The lowest BCUT2D eigenvalue weighted by atomic mass is 10.1. The highest BCUT2D eigenvalue weighted by Gasteiger charge is 2.26. The van der Waals surface area contributed by atoms with Crippen molar-refractivity contribution in [1.82, 2.24) is 4.90 Å². The van der Waals surface area contributed by atoms with Crippen LogP contribution in [-0.2, 0) is 6.54 Å². The fourth-order valence-corrected chi connectivity index (χ4v) is 3.25. The number of carbonyl (C=O) groups is 1. The summed E-state index contributed by atoms with van der Waals surface area (Å²) in [4.78, 5) is 25.7. The standard InChI is InChI=1S/C19H20FN3O3/c1-14-4-2-3-5-16(14)13-21-8-10-22(11-9-21)19(24)15-6-7-17(20)18(12-15)23(25)26/h2-7,12H,8-11,13H2,1H3/p+1. The van der Waals surface area contributed by atoms with E-state index in [2.05, 4.69) is 19.1 Å². The fourth-order valence-electron chi connectivity index (χ4n) is 3.25. The van der Waals surface area contributed by atoms with Gasteiger partial charge in [-0.3, -0.25) is 14.9 Å². The van der Waals surface area contributed by atoms with Gasteiger partial charge in [0.05, 0.1) is 31.1 Å². The van der Waals surface area contributed by atoms with Gasteiger partial charge in [0.1, 0.15) is 6.54 Å². The summed E-state index contributed by atoms with van der Waals surface area (Å²) >= 11 is 0. The molecule has 0 atom stereocenters. The summed E-state index contributed by atoms with van der Waals surface area (Å²) in [6.45, 7) is 5.77. The Morgan fingerprint density at radius 3 is 2.58 bits per heavy atom. The van der Waals surface area contributed by atoms with Crippen LogP contribution in [0, 0.1) is 22.9 Å². The lowest BCUT2D eigenvalue weighted by Gasteiger charge is -2.32. The van der Waals surface area contributed by atoms with Gasteiger partial charge >= 0.3 is 5.69 Å². The minimum Gasteiger partial charge on any atom is -0.328 e. The summed E-state index contributed by atoms with van der Waals surface area (Å²) < 4.78 is 13.4. The first-order valence-corrected chi connectivity index (χ1v) is 8.57. The highest BCUT2D eigenvalue weighted by Crippen LogP contribution is 2.19. The van der Waals surface area contributed by atoms with Gasteiger partial charge < -0.3 is 9.80 Å². The first-order chi connectivity index (χ1) is 12.5. The number of nitrogens with zero attached hydrogens (tertiary/aromatic N) is 2. The van der Waals surface area contributed by atoms with Crippen molar-refractivity contribution in [2.24, 2.45) is 0 Å². The molecule has 136 valence electrons. The van der Waals surface area contributed by atoms with E-state index < -0.39 is 16.4 Å². The summed E-state index contributed by atoms with van der Waals surface area (Å²) in [5.74, 6) is -1.22. The van der Waals surface area contributed by atoms with Crippen molar-refractivity contribution in [3.05, 3.63) is 75.1 Å². The Bertz CT molecular complexity index is 833. The van der Waals surface area contributed by atoms with Gasteiger partial charge in [-0.1, -0.05) is 24.3 Å². The van der Waals surface area contributed by atoms with Crippen molar-refractivity contribution in [2.45, 2.75) is 13.5 Å². The third-order valence-corrected chi connectivity index (χ3v) is 4.85. The van der Waals surface area contributed by atoms with Crippen molar-refractivity contribution >= 4 is 11.6 Å². The number of piperazine rings is 1. The molecule has 2 aromatic carbocycles. The zero-order valence-corrected chi connectivity index (χ0v) is 14.6. The zero-order valence-electron chi connectivity index (χ0n) is 14.6. The smallest absolute Gasteiger partial charge is 0.305 e. The SMILES string of the molecule is Cc1ccccc1C[NH+]1CCN(C(=O)c2ccc(F)c([N+](=O)[O-])c2)CC1. The Balaban J connectivity index is 1.63. The topological polar surface area (TPSA) is 67.9 Å². The summed E-state index contributed by atoms with van der Waals surface area (Å²) in [5, 5.41) is 10.9. The maximum absolute atomic E-state index is 13.4. The highest BCUT2D eigenvalue weighted by molar-refractivity contribution is 5.94. The largest absolute Gasteiger partial charge is 0.328 e. The Hall–Kier alpha value is -2.80. The van der Waals surface area contributed by atoms with Gasteiger partial charge in [0.2, 0.25) is 5.82 Å². The van der Waals surface area contributed by atoms with Crippen LogP contribution in [0.5, 0.6) is 0 Å². The van der Waals surface area contributed by atoms with Crippen molar-refractivity contribution in [1.29, 1.82) is 0 Å². The number of rotatable bonds is 4. The molecule has 0 spiro atoms. The molecule has 0 bridgehead atoms. The molecule has 6 nitrogen and oxygen atoms in total. The first-order valence-electron chi connectivity index (χ1n) is 8.57. The molecular weight excluding hydrogens is 337 g/mol. The second kappa shape index (κ2) is 7.61. The number of aryl methyl sites for hydroxylation is 1. The van der Waals surface area contributed by atoms with Crippen molar-refractivity contribution < 1.29 is 19.0 Å². The molecule has 1 saturated heterocycles. The number of amides is 1. The van der Waals surface area contributed by atoms with E-state index in [9.17, 15) is 19.3 Å². The van der Waals surface area contributed by atoms with Crippen LogP contribution < -0.4 is 4.90 Å². The number of hydrogen-bond acceptors (Lipinski definition) is 3. The third-order valence-electron chi connectivity index (χ3n) is 4.85. The summed E-state index contributed by atoms with van der Waals surface area (Å²) in [6.07, 6.45) is 0. The molecule has 1 aliphatic rings. The normalized spacial score (nSPS) is 15.1. The Kier molecular flexibility index (Phi) is 5.27. The molecule has 1 N–H and O–H groups in total. The van der Waals surface area contributed by atoms with Crippen LogP contribution in [0.3, 0.4) is 0 Å². The number of nitro groups is 1. The van der Waals surface area contributed by atoms with E-state index in [1.807, 2.05) is 12.1 Å². The van der Waals surface area contributed by atoms with E-state index in [1.165, 1.54) is 22.1 Å². The molecule has 1 amide bonds. The highest BCUT2D eigenvalue weighted by atomic mass is 19.1. The van der Waals surface area contributed by atoms with E-state index in [0.29, 0.717) is 13.1 Å². The number of carbonyl (C=O) groups excluding carboxylic acids is 1. The molecule has 1 aliphatic heterocycles. The predicted molar refractivity (Wildman–Crippen MR) is 94.5 cm³/mol. The van der Waals surface area contributed by atoms with Crippen LogP contribution in [0.2, 0.25) is 0 Å². The molecule has 0 aromatic heterocycles. The molecule has 0 unspecified atom stereocenters. The molecule has 7 heteroatoms. The van der Waals surface area contributed by atoms with Crippen molar-refractivity contribution in [3.8, 4) is 0 Å². The van der Waals surface area contributed by atoms with E-state index in [4.69, 9.17) is 0 Å². The van der Waals surface area contributed by atoms with Crippen LogP contribution in [-0.4, -0.2) is 41.9 Å². The molecular formula is C19H21FN3O3+. The molecule has 1 fully saturated rings. The van der Waals surface area contributed by atoms with Gasteiger partial charge in [0.25, 0.3) is 5.91 Å². The predicted octanol–water partition coefficient (Wildman–Crippen LogP) is 1.58. The maximum atomic E-state index is 13.4. The van der Waals surface area contributed by atoms with Gasteiger partial charge in [-0.15, -0.1) is 0 Å². The summed E-state index contributed by atoms with van der Waals surface area (Å²) in [7, 11) is 0. The van der Waals surface area contributed by atoms with Gasteiger partial charge in [0.15, 0.2) is 0 Å². The van der Waals surface area contributed by atoms with E-state index in [0.717, 1.165) is 31.8 Å². The Morgan fingerprint density at radius 1 is 1.23 bits per heavy atom.